The molecule has 2 heterocycles. The fourth-order valence-electron chi connectivity index (χ4n) is 2.75. The Labute approximate surface area is 115 Å². The minimum absolute atomic E-state index is 0.279. The van der Waals surface area contributed by atoms with Crippen LogP contribution in [0.1, 0.15) is 32.6 Å². The molecule has 1 aromatic rings. The standard InChI is InChI=1S/C15H25N3O/c1-2-13(7-12-19)17-14-5-10-18(11-6-14)15-3-8-16-9-4-15/h3-4,8-9,13-14,17,19H,2,5-7,10-12H2,1H3. The molecular weight excluding hydrogens is 238 g/mol. The number of anilines is 1. The van der Waals surface area contributed by atoms with Gasteiger partial charge in [-0.1, -0.05) is 6.92 Å². The Morgan fingerprint density at radius 2 is 2.05 bits per heavy atom. The van der Waals surface area contributed by atoms with Crippen molar-refractivity contribution < 1.29 is 5.11 Å². The van der Waals surface area contributed by atoms with Gasteiger partial charge in [0.25, 0.3) is 0 Å². The molecule has 0 amide bonds. The number of nitrogens with zero attached hydrogens (tertiary/aromatic N) is 2. The molecule has 0 aromatic carbocycles. The van der Waals surface area contributed by atoms with Crippen molar-refractivity contribution in [1.82, 2.24) is 10.3 Å². The third-order valence-electron chi connectivity index (χ3n) is 3.96. The van der Waals surface area contributed by atoms with E-state index in [2.05, 4.69) is 34.3 Å². The third-order valence-corrected chi connectivity index (χ3v) is 3.96. The average Bonchev–Trinajstić information content (AvgIpc) is 2.48. The van der Waals surface area contributed by atoms with Crippen molar-refractivity contribution in [3.63, 3.8) is 0 Å². The van der Waals surface area contributed by atoms with E-state index in [0.717, 1.165) is 25.9 Å². The minimum atomic E-state index is 0.279. The van der Waals surface area contributed by atoms with Gasteiger partial charge in [-0.25, -0.2) is 0 Å². The van der Waals surface area contributed by atoms with Crippen molar-refractivity contribution in [2.75, 3.05) is 24.6 Å². The summed E-state index contributed by atoms with van der Waals surface area (Å²) in [7, 11) is 0. The van der Waals surface area contributed by atoms with Gasteiger partial charge >= 0.3 is 0 Å². The maximum Gasteiger partial charge on any atom is 0.0445 e. The molecule has 4 nitrogen and oxygen atoms in total. The second-order valence-corrected chi connectivity index (χ2v) is 5.25. The van der Waals surface area contributed by atoms with Crippen molar-refractivity contribution in [2.45, 2.75) is 44.7 Å². The van der Waals surface area contributed by atoms with E-state index >= 15 is 0 Å². The predicted molar refractivity (Wildman–Crippen MR) is 78.4 cm³/mol. The van der Waals surface area contributed by atoms with Crippen LogP contribution < -0.4 is 10.2 Å². The van der Waals surface area contributed by atoms with E-state index in [-0.39, 0.29) is 6.61 Å². The first kappa shape index (κ1) is 14.3. The molecule has 2 N–H and O–H groups in total. The number of piperidine rings is 1. The molecule has 106 valence electrons. The second kappa shape index (κ2) is 7.46. The Balaban J connectivity index is 1.79. The van der Waals surface area contributed by atoms with Gasteiger partial charge in [-0.15, -0.1) is 0 Å². The van der Waals surface area contributed by atoms with E-state index in [1.807, 2.05) is 12.4 Å². The summed E-state index contributed by atoms with van der Waals surface area (Å²) in [4.78, 5) is 6.49. The Hall–Kier alpha value is -1.13. The molecule has 0 aliphatic carbocycles. The summed E-state index contributed by atoms with van der Waals surface area (Å²) < 4.78 is 0. The van der Waals surface area contributed by atoms with E-state index in [1.54, 1.807) is 0 Å². The van der Waals surface area contributed by atoms with Gasteiger partial charge in [0.15, 0.2) is 0 Å². The van der Waals surface area contributed by atoms with Gasteiger partial charge in [0.2, 0.25) is 0 Å². The molecule has 1 aliphatic rings. The van der Waals surface area contributed by atoms with Gasteiger partial charge < -0.3 is 15.3 Å². The first-order chi connectivity index (χ1) is 9.33. The predicted octanol–water partition coefficient (Wildman–Crippen LogP) is 1.80. The maximum atomic E-state index is 9.03. The largest absolute Gasteiger partial charge is 0.396 e. The molecule has 0 saturated carbocycles. The van der Waals surface area contributed by atoms with E-state index in [0.29, 0.717) is 12.1 Å². The zero-order valence-corrected chi connectivity index (χ0v) is 11.8. The topological polar surface area (TPSA) is 48.4 Å². The monoisotopic (exact) mass is 263 g/mol. The highest BCUT2D eigenvalue weighted by Gasteiger charge is 2.21. The highest BCUT2D eigenvalue weighted by Crippen LogP contribution is 2.19. The van der Waals surface area contributed by atoms with Gasteiger partial charge in [-0.3, -0.25) is 4.98 Å². The van der Waals surface area contributed by atoms with Crippen molar-refractivity contribution >= 4 is 5.69 Å². The lowest BCUT2D eigenvalue weighted by Gasteiger charge is -2.35. The van der Waals surface area contributed by atoms with Gasteiger partial charge in [0.1, 0.15) is 0 Å². The minimum Gasteiger partial charge on any atom is -0.396 e. The number of aliphatic hydroxyl groups is 1. The Bertz CT molecular complexity index is 350. The average molecular weight is 263 g/mol. The Kier molecular flexibility index (Phi) is 5.61. The summed E-state index contributed by atoms with van der Waals surface area (Å²) in [5, 5.41) is 12.7. The van der Waals surface area contributed by atoms with Crippen LogP contribution in [0.25, 0.3) is 0 Å². The number of nitrogens with one attached hydrogen (secondary N) is 1. The summed E-state index contributed by atoms with van der Waals surface area (Å²) in [6, 6.07) is 5.21. The van der Waals surface area contributed by atoms with E-state index in [9.17, 15) is 0 Å². The fourth-order valence-corrected chi connectivity index (χ4v) is 2.75. The van der Waals surface area contributed by atoms with Crippen molar-refractivity contribution in [1.29, 1.82) is 0 Å². The summed E-state index contributed by atoms with van der Waals surface area (Å²) >= 11 is 0. The first-order valence-electron chi connectivity index (χ1n) is 7.35. The fraction of sp³-hybridized carbons (Fsp3) is 0.667. The van der Waals surface area contributed by atoms with Gasteiger partial charge in [-0.05, 0) is 37.8 Å². The van der Waals surface area contributed by atoms with Gasteiger partial charge in [0, 0.05) is 49.9 Å². The number of hydrogen-bond donors (Lipinski definition) is 2. The van der Waals surface area contributed by atoms with Crippen LogP contribution in [0.4, 0.5) is 5.69 Å². The SMILES string of the molecule is CCC(CCO)NC1CCN(c2ccncc2)CC1. The molecule has 1 saturated heterocycles. The Morgan fingerprint density at radius 3 is 2.63 bits per heavy atom. The van der Waals surface area contributed by atoms with Crippen molar-refractivity contribution in [3.8, 4) is 0 Å². The normalized spacial score (nSPS) is 18.5. The number of rotatable bonds is 6. The van der Waals surface area contributed by atoms with Crippen LogP contribution in [0.2, 0.25) is 0 Å². The molecule has 0 radical (unpaired) electrons. The highest BCUT2D eigenvalue weighted by atomic mass is 16.3. The van der Waals surface area contributed by atoms with Crippen LogP contribution in [0.3, 0.4) is 0 Å². The lowest BCUT2D eigenvalue weighted by molar-refractivity contribution is 0.249. The second-order valence-electron chi connectivity index (χ2n) is 5.25. The summed E-state index contributed by atoms with van der Waals surface area (Å²) in [5.74, 6) is 0. The van der Waals surface area contributed by atoms with E-state index < -0.39 is 0 Å². The van der Waals surface area contributed by atoms with E-state index in [1.165, 1.54) is 18.5 Å². The molecule has 1 fully saturated rings. The lowest BCUT2D eigenvalue weighted by atomic mass is 10.0. The molecule has 1 atom stereocenters. The molecule has 19 heavy (non-hydrogen) atoms. The first-order valence-corrected chi connectivity index (χ1v) is 7.35. The molecule has 1 aromatic heterocycles. The zero-order chi connectivity index (χ0) is 13.5. The van der Waals surface area contributed by atoms with Crippen LogP contribution in [-0.4, -0.2) is 41.9 Å². The van der Waals surface area contributed by atoms with Crippen molar-refractivity contribution in [3.05, 3.63) is 24.5 Å². The third kappa shape index (κ3) is 4.18. The Morgan fingerprint density at radius 1 is 1.37 bits per heavy atom. The summed E-state index contributed by atoms with van der Waals surface area (Å²) in [6.07, 6.45) is 8.00. The molecule has 1 unspecified atom stereocenters. The molecule has 1 aliphatic heterocycles. The molecule has 4 heteroatoms. The molecule has 2 rings (SSSR count). The van der Waals surface area contributed by atoms with Gasteiger partial charge in [0.05, 0.1) is 0 Å². The van der Waals surface area contributed by atoms with E-state index in [4.69, 9.17) is 5.11 Å². The van der Waals surface area contributed by atoms with Crippen molar-refractivity contribution in [2.24, 2.45) is 0 Å². The van der Waals surface area contributed by atoms with Crippen LogP contribution in [0.15, 0.2) is 24.5 Å². The lowest BCUT2D eigenvalue weighted by Crippen LogP contribution is -2.46. The molecule has 0 bridgehead atoms. The maximum absolute atomic E-state index is 9.03. The highest BCUT2D eigenvalue weighted by molar-refractivity contribution is 5.44. The number of aromatic nitrogens is 1. The van der Waals surface area contributed by atoms with Crippen LogP contribution in [0.5, 0.6) is 0 Å². The number of hydrogen-bond acceptors (Lipinski definition) is 4. The van der Waals surface area contributed by atoms with Crippen LogP contribution in [0, 0.1) is 0 Å². The van der Waals surface area contributed by atoms with Crippen LogP contribution >= 0.6 is 0 Å². The molecule has 0 spiro atoms. The number of pyridine rings is 1. The summed E-state index contributed by atoms with van der Waals surface area (Å²) in [5.41, 5.74) is 1.27. The molecular formula is C15H25N3O. The smallest absolute Gasteiger partial charge is 0.0445 e. The quantitative estimate of drug-likeness (QED) is 0.821. The van der Waals surface area contributed by atoms with Crippen LogP contribution in [-0.2, 0) is 0 Å². The number of aliphatic hydroxyl groups excluding tert-OH is 1. The van der Waals surface area contributed by atoms with Gasteiger partial charge in [-0.2, -0.15) is 0 Å². The zero-order valence-electron chi connectivity index (χ0n) is 11.8. The summed E-state index contributed by atoms with van der Waals surface area (Å²) in [6.45, 7) is 4.65.